The van der Waals surface area contributed by atoms with Gasteiger partial charge in [-0.2, -0.15) is 5.10 Å². The minimum absolute atomic E-state index is 0.122. The standard InChI is InChI=1S/C18H27N7O/c26-18(15-8-12-25(23-15)14-5-4-9-19-13-14)20-10-7-17-22-21-16-6-2-1-3-11-24(16)17/h8,12,14,19H,1-7,9-11,13H2,(H,20,26). The van der Waals surface area contributed by atoms with E-state index in [1.807, 2.05) is 10.9 Å². The lowest BCUT2D eigenvalue weighted by Gasteiger charge is -2.22. The number of carbonyl (C=O) groups is 1. The SMILES string of the molecule is O=C(NCCc1nnc2n1CCCCC2)c1ccn(C2CCCNC2)n1. The maximum atomic E-state index is 12.4. The molecule has 0 aliphatic carbocycles. The number of piperidine rings is 1. The van der Waals surface area contributed by atoms with Crippen LogP contribution in [0, 0.1) is 0 Å². The summed E-state index contributed by atoms with van der Waals surface area (Å²) in [7, 11) is 0. The number of aromatic nitrogens is 5. The van der Waals surface area contributed by atoms with Crippen molar-refractivity contribution >= 4 is 5.91 Å². The van der Waals surface area contributed by atoms with Crippen molar-refractivity contribution in [3.8, 4) is 0 Å². The van der Waals surface area contributed by atoms with Gasteiger partial charge in [0.2, 0.25) is 0 Å². The number of hydrogen-bond donors (Lipinski definition) is 2. The van der Waals surface area contributed by atoms with Crippen LogP contribution in [-0.4, -0.2) is 50.1 Å². The Morgan fingerprint density at radius 3 is 3.12 bits per heavy atom. The molecule has 2 aromatic rings. The number of nitrogens with one attached hydrogen (secondary N) is 2. The molecule has 2 aliphatic heterocycles. The van der Waals surface area contributed by atoms with Crippen LogP contribution in [0.5, 0.6) is 0 Å². The summed E-state index contributed by atoms with van der Waals surface area (Å²) >= 11 is 0. The molecule has 1 atom stereocenters. The predicted octanol–water partition coefficient (Wildman–Crippen LogP) is 1.10. The van der Waals surface area contributed by atoms with Gasteiger partial charge in [0.1, 0.15) is 17.3 Å². The van der Waals surface area contributed by atoms with Crippen LogP contribution >= 0.6 is 0 Å². The highest BCUT2D eigenvalue weighted by molar-refractivity contribution is 5.92. The van der Waals surface area contributed by atoms with Gasteiger partial charge in [-0.1, -0.05) is 6.42 Å². The summed E-state index contributed by atoms with van der Waals surface area (Å²) in [6.45, 7) is 3.53. The fourth-order valence-corrected chi connectivity index (χ4v) is 3.83. The van der Waals surface area contributed by atoms with E-state index in [0.717, 1.165) is 50.5 Å². The van der Waals surface area contributed by atoms with Gasteiger partial charge in [0.25, 0.3) is 5.91 Å². The fourth-order valence-electron chi connectivity index (χ4n) is 3.83. The van der Waals surface area contributed by atoms with E-state index in [-0.39, 0.29) is 5.91 Å². The number of carbonyl (C=O) groups excluding carboxylic acids is 1. The van der Waals surface area contributed by atoms with E-state index in [2.05, 4.69) is 30.5 Å². The van der Waals surface area contributed by atoms with E-state index in [1.54, 1.807) is 6.07 Å². The molecule has 8 heteroatoms. The molecule has 4 rings (SSSR count). The third kappa shape index (κ3) is 3.80. The lowest BCUT2D eigenvalue weighted by atomic mass is 10.1. The van der Waals surface area contributed by atoms with Crippen LogP contribution in [0.3, 0.4) is 0 Å². The van der Waals surface area contributed by atoms with Gasteiger partial charge >= 0.3 is 0 Å². The normalized spacial score (nSPS) is 20.4. The first-order valence-electron chi connectivity index (χ1n) is 9.76. The van der Waals surface area contributed by atoms with Crippen molar-refractivity contribution in [2.24, 2.45) is 0 Å². The molecular formula is C18H27N7O. The average Bonchev–Trinajstić information content (AvgIpc) is 3.24. The van der Waals surface area contributed by atoms with E-state index >= 15 is 0 Å². The van der Waals surface area contributed by atoms with Gasteiger partial charge in [-0.15, -0.1) is 10.2 Å². The van der Waals surface area contributed by atoms with Gasteiger partial charge in [-0.25, -0.2) is 0 Å². The third-order valence-corrected chi connectivity index (χ3v) is 5.31. The molecule has 26 heavy (non-hydrogen) atoms. The molecule has 2 N–H and O–H groups in total. The molecule has 1 amide bonds. The molecule has 1 fully saturated rings. The monoisotopic (exact) mass is 357 g/mol. The van der Waals surface area contributed by atoms with Gasteiger partial charge in [0, 0.05) is 38.7 Å². The van der Waals surface area contributed by atoms with Crippen molar-refractivity contribution in [2.75, 3.05) is 19.6 Å². The maximum Gasteiger partial charge on any atom is 0.271 e. The first-order chi connectivity index (χ1) is 12.8. The van der Waals surface area contributed by atoms with Crippen LogP contribution in [-0.2, 0) is 19.4 Å². The van der Waals surface area contributed by atoms with Crippen molar-refractivity contribution in [3.05, 3.63) is 29.6 Å². The third-order valence-electron chi connectivity index (χ3n) is 5.31. The van der Waals surface area contributed by atoms with Crippen LogP contribution in [0.4, 0.5) is 0 Å². The molecule has 0 aromatic carbocycles. The van der Waals surface area contributed by atoms with Crippen LogP contribution < -0.4 is 10.6 Å². The second-order valence-corrected chi connectivity index (χ2v) is 7.18. The summed E-state index contributed by atoms with van der Waals surface area (Å²) in [5, 5.41) is 19.4. The minimum Gasteiger partial charge on any atom is -0.350 e. The van der Waals surface area contributed by atoms with Gasteiger partial charge in [-0.05, 0) is 38.3 Å². The summed E-state index contributed by atoms with van der Waals surface area (Å²) in [5.41, 5.74) is 0.482. The Balaban J connectivity index is 1.30. The smallest absolute Gasteiger partial charge is 0.271 e. The van der Waals surface area contributed by atoms with E-state index in [0.29, 0.717) is 24.7 Å². The van der Waals surface area contributed by atoms with Crippen molar-refractivity contribution < 1.29 is 4.79 Å². The zero-order valence-electron chi connectivity index (χ0n) is 15.2. The Bertz CT molecular complexity index is 745. The number of amides is 1. The van der Waals surface area contributed by atoms with Gasteiger partial charge < -0.3 is 15.2 Å². The highest BCUT2D eigenvalue weighted by Crippen LogP contribution is 2.16. The summed E-state index contributed by atoms with van der Waals surface area (Å²) < 4.78 is 4.14. The maximum absolute atomic E-state index is 12.4. The largest absolute Gasteiger partial charge is 0.350 e. The highest BCUT2D eigenvalue weighted by atomic mass is 16.1. The predicted molar refractivity (Wildman–Crippen MR) is 97.0 cm³/mol. The van der Waals surface area contributed by atoms with Gasteiger partial charge in [0.05, 0.1) is 6.04 Å². The molecule has 1 saturated heterocycles. The van der Waals surface area contributed by atoms with Crippen LogP contribution in [0.25, 0.3) is 0 Å². The summed E-state index contributed by atoms with van der Waals surface area (Å²) in [6.07, 6.45) is 9.48. The molecule has 4 heterocycles. The van der Waals surface area contributed by atoms with Crippen molar-refractivity contribution in [3.63, 3.8) is 0 Å². The number of rotatable bonds is 5. The first kappa shape index (κ1) is 17.2. The second kappa shape index (κ2) is 7.99. The first-order valence-corrected chi connectivity index (χ1v) is 9.76. The summed E-state index contributed by atoms with van der Waals surface area (Å²) in [5.74, 6) is 1.94. The molecule has 0 spiro atoms. The lowest BCUT2D eigenvalue weighted by Crippen LogP contribution is -2.32. The Kier molecular flexibility index (Phi) is 5.29. The Morgan fingerprint density at radius 1 is 1.27 bits per heavy atom. The number of nitrogens with zero attached hydrogens (tertiary/aromatic N) is 5. The number of aryl methyl sites for hydroxylation is 1. The Labute approximate surface area is 153 Å². The summed E-state index contributed by atoms with van der Waals surface area (Å²) in [4.78, 5) is 12.4. The van der Waals surface area contributed by atoms with E-state index in [4.69, 9.17) is 0 Å². The van der Waals surface area contributed by atoms with E-state index in [9.17, 15) is 4.79 Å². The molecule has 0 saturated carbocycles. The number of fused-ring (bicyclic) bond motifs is 1. The average molecular weight is 357 g/mol. The topological polar surface area (TPSA) is 89.7 Å². The van der Waals surface area contributed by atoms with Gasteiger partial charge in [-0.3, -0.25) is 9.48 Å². The van der Waals surface area contributed by atoms with E-state index < -0.39 is 0 Å². The van der Waals surface area contributed by atoms with Gasteiger partial charge in [0.15, 0.2) is 0 Å². The van der Waals surface area contributed by atoms with Crippen molar-refractivity contribution in [1.82, 2.24) is 35.2 Å². The fraction of sp³-hybridized carbons (Fsp3) is 0.667. The van der Waals surface area contributed by atoms with Crippen molar-refractivity contribution in [1.29, 1.82) is 0 Å². The Morgan fingerprint density at radius 2 is 2.23 bits per heavy atom. The van der Waals surface area contributed by atoms with Crippen LogP contribution in [0.2, 0.25) is 0 Å². The van der Waals surface area contributed by atoms with Crippen molar-refractivity contribution in [2.45, 2.75) is 57.5 Å². The minimum atomic E-state index is -0.122. The molecule has 0 bridgehead atoms. The zero-order chi connectivity index (χ0) is 17.8. The number of hydrogen-bond acceptors (Lipinski definition) is 5. The zero-order valence-corrected chi connectivity index (χ0v) is 15.2. The van der Waals surface area contributed by atoms with E-state index in [1.165, 1.54) is 19.3 Å². The van der Waals surface area contributed by atoms with Crippen LogP contribution in [0.15, 0.2) is 12.3 Å². The summed E-state index contributed by atoms with van der Waals surface area (Å²) in [6, 6.07) is 2.14. The highest BCUT2D eigenvalue weighted by Gasteiger charge is 2.18. The second-order valence-electron chi connectivity index (χ2n) is 7.18. The molecule has 0 radical (unpaired) electrons. The molecule has 1 unspecified atom stereocenters. The molecule has 2 aliphatic rings. The molecule has 2 aromatic heterocycles. The molecule has 8 nitrogen and oxygen atoms in total. The molecular weight excluding hydrogens is 330 g/mol. The lowest BCUT2D eigenvalue weighted by molar-refractivity contribution is 0.0947. The van der Waals surface area contributed by atoms with Crippen LogP contribution in [0.1, 0.15) is 60.3 Å². The Hall–Kier alpha value is -2.22. The molecule has 140 valence electrons. The quantitative estimate of drug-likeness (QED) is 0.836.